The average Bonchev–Trinajstić information content (AvgIpc) is 3.16. The van der Waals surface area contributed by atoms with Gasteiger partial charge in [0.1, 0.15) is 0 Å². The highest BCUT2D eigenvalue weighted by Crippen LogP contribution is 2.21. The number of H-pyrrole nitrogens is 1. The van der Waals surface area contributed by atoms with Crippen LogP contribution in [0, 0.1) is 6.92 Å². The number of nitrogens with zero attached hydrogens (tertiary/aromatic N) is 2. The maximum atomic E-state index is 12.2. The van der Waals surface area contributed by atoms with E-state index in [9.17, 15) is 4.79 Å². The van der Waals surface area contributed by atoms with Gasteiger partial charge in [0.25, 0.3) is 0 Å². The van der Waals surface area contributed by atoms with Crippen molar-refractivity contribution in [2.45, 2.75) is 12.1 Å². The third-order valence-electron chi connectivity index (χ3n) is 4.16. The van der Waals surface area contributed by atoms with E-state index in [2.05, 4.69) is 20.5 Å². The van der Waals surface area contributed by atoms with Crippen LogP contribution in [0.1, 0.15) is 5.56 Å². The number of fused-ring (bicyclic) bond motifs is 1. The van der Waals surface area contributed by atoms with E-state index in [0.29, 0.717) is 11.0 Å². The summed E-state index contributed by atoms with van der Waals surface area (Å²) in [6.07, 6.45) is 0. The predicted molar refractivity (Wildman–Crippen MR) is 110 cm³/mol. The summed E-state index contributed by atoms with van der Waals surface area (Å²) in [6, 6.07) is 22.0. The number of hydrogen-bond donors (Lipinski definition) is 2. The highest BCUT2D eigenvalue weighted by atomic mass is 32.2. The standard InChI is InChI=1S/C21H18N4OS/c1-14-6-8-16(9-7-14)20-23-21(25-24-20)27-13-19(26)22-18-11-10-15-4-2-3-5-17(15)12-18/h2-12H,13H2,1H3,(H,22,26)(H,23,24,25). The first-order valence-electron chi connectivity index (χ1n) is 8.58. The van der Waals surface area contributed by atoms with Crippen molar-refractivity contribution in [2.24, 2.45) is 0 Å². The predicted octanol–water partition coefficient (Wildman–Crippen LogP) is 4.66. The molecule has 5 nitrogen and oxygen atoms in total. The van der Waals surface area contributed by atoms with Gasteiger partial charge in [0, 0.05) is 11.3 Å². The van der Waals surface area contributed by atoms with Crippen LogP contribution in [0.2, 0.25) is 0 Å². The number of amides is 1. The minimum absolute atomic E-state index is 0.0861. The van der Waals surface area contributed by atoms with Crippen molar-refractivity contribution < 1.29 is 4.79 Å². The normalized spacial score (nSPS) is 10.9. The number of rotatable bonds is 5. The highest BCUT2D eigenvalue weighted by Gasteiger charge is 2.09. The Morgan fingerprint density at radius 2 is 1.81 bits per heavy atom. The molecule has 3 aromatic carbocycles. The molecule has 4 aromatic rings. The van der Waals surface area contributed by atoms with E-state index in [-0.39, 0.29) is 11.7 Å². The zero-order valence-corrected chi connectivity index (χ0v) is 15.6. The molecule has 0 bridgehead atoms. The molecule has 6 heteroatoms. The van der Waals surface area contributed by atoms with Gasteiger partial charge in [-0.15, -0.1) is 5.10 Å². The Hall–Kier alpha value is -3.12. The summed E-state index contributed by atoms with van der Waals surface area (Å²) in [5.74, 6) is 0.863. The van der Waals surface area contributed by atoms with Crippen LogP contribution >= 0.6 is 11.8 Å². The van der Waals surface area contributed by atoms with E-state index in [4.69, 9.17) is 0 Å². The van der Waals surface area contributed by atoms with Gasteiger partial charge in [-0.25, -0.2) is 4.98 Å². The second-order valence-electron chi connectivity index (χ2n) is 6.23. The van der Waals surface area contributed by atoms with Crippen molar-refractivity contribution in [3.05, 3.63) is 72.3 Å². The summed E-state index contributed by atoms with van der Waals surface area (Å²) >= 11 is 1.30. The Kier molecular flexibility index (Phi) is 4.89. The molecule has 0 atom stereocenters. The lowest BCUT2D eigenvalue weighted by molar-refractivity contribution is -0.113. The minimum atomic E-state index is -0.0861. The Morgan fingerprint density at radius 1 is 1.04 bits per heavy atom. The molecule has 1 amide bonds. The van der Waals surface area contributed by atoms with Gasteiger partial charge in [-0.3, -0.25) is 9.89 Å². The second kappa shape index (κ2) is 7.63. The van der Waals surface area contributed by atoms with Crippen LogP contribution in [-0.2, 0) is 4.79 Å². The maximum absolute atomic E-state index is 12.2. The molecular weight excluding hydrogens is 356 g/mol. The highest BCUT2D eigenvalue weighted by molar-refractivity contribution is 7.99. The van der Waals surface area contributed by atoms with Crippen molar-refractivity contribution >= 4 is 34.1 Å². The Bertz CT molecular complexity index is 1090. The van der Waals surface area contributed by atoms with Crippen LogP contribution in [0.5, 0.6) is 0 Å². The number of carbonyl (C=O) groups excluding carboxylic acids is 1. The molecule has 0 saturated heterocycles. The lowest BCUT2D eigenvalue weighted by atomic mass is 10.1. The number of aryl methyl sites for hydroxylation is 1. The summed E-state index contributed by atoms with van der Waals surface area (Å²) in [6.45, 7) is 2.04. The van der Waals surface area contributed by atoms with E-state index < -0.39 is 0 Å². The van der Waals surface area contributed by atoms with E-state index >= 15 is 0 Å². The largest absolute Gasteiger partial charge is 0.325 e. The van der Waals surface area contributed by atoms with Crippen molar-refractivity contribution in [1.82, 2.24) is 15.2 Å². The first-order chi connectivity index (χ1) is 13.2. The monoisotopic (exact) mass is 374 g/mol. The SMILES string of the molecule is Cc1ccc(-c2nc(SCC(=O)Nc3ccc4ccccc4c3)n[nH]2)cc1. The fourth-order valence-corrected chi connectivity index (χ4v) is 3.34. The van der Waals surface area contributed by atoms with Gasteiger partial charge in [-0.2, -0.15) is 0 Å². The summed E-state index contributed by atoms with van der Waals surface area (Å²) in [5, 5.41) is 12.8. The fraction of sp³-hybridized carbons (Fsp3) is 0.0952. The molecule has 1 heterocycles. The molecule has 0 saturated carbocycles. The Morgan fingerprint density at radius 3 is 2.63 bits per heavy atom. The molecule has 2 N–H and O–H groups in total. The number of nitrogens with one attached hydrogen (secondary N) is 2. The number of aromatic nitrogens is 3. The zero-order chi connectivity index (χ0) is 18.6. The average molecular weight is 374 g/mol. The van der Waals surface area contributed by atoms with Gasteiger partial charge in [0.05, 0.1) is 5.75 Å². The quantitative estimate of drug-likeness (QED) is 0.498. The molecule has 134 valence electrons. The minimum Gasteiger partial charge on any atom is -0.325 e. The summed E-state index contributed by atoms with van der Waals surface area (Å²) < 4.78 is 0. The molecule has 0 fully saturated rings. The Labute approximate surface area is 161 Å². The molecule has 0 unspecified atom stereocenters. The van der Waals surface area contributed by atoms with Crippen LogP contribution in [0.15, 0.2) is 71.9 Å². The van der Waals surface area contributed by atoms with Crippen molar-refractivity contribution in [2.75, 3.05) is 11.1 Å². The zero-order valence-electron chi connectivity index (χ0n) is 14.8. The maximum Gasteiger partial charge on any atom is 0.234 e. The van der Waals surface area contributed by atoms with Crippen LogP contribution < -0.4 is 5.32 Å². The Balaban J connectivity index is 1.37. The van der Waals surface area contributed by atoms with E-state index in [1.54, 1.807) is 0 Å². The number of carbonyl (C=O) groups is 1. The number of thioether (sulfide) groups is 1. The van der Waals surface area contributed by atoms with Gasteiger partial charge in [-0.05, 0) is 29.8 Å². The number of hydrogen-bond acceptors (Lipinski definition) is 4. The number of benzene rings is 3. The summed E-state index contributed by atoms with van der Waals surface area (Å²) in [5.41, 5.74) is 2.95. The van der Waals surface area contributed by atoms with Crippen molar-refractivity contribution in [3.63, 3.8) is 0 Å². The van der Waals surface area contributed by atoms with Gasteiger partial charge < -0.3 is 5.32 Å². The first-order valence-corrected chi connectivity index (χ1v) is 9.57. The molecule has 4 rings (SSSR count). The second-order valence-corrected chi connectivity index (χ2v) is 7.17. The van der Waals surface area contributed by atoms with Gasteiger partial charge in [0.15, 0.2) is 5.82 Å². The molecule has 27 heavy (non-hydrogen) atoms. The molecule has 0 radical (unpaired) electrons. The molecule has 1 aromatic heterocycles. The van der Waals surface area contributed by atoms with Crippen LogP contribution in [0.3, 0.4) is 0 Å². The molecular formula is C21H18N4OS. The lowest BCUT2D eigenvalue weighted by Crippen LogP contribution is -2.14. The van der Waals surface area contributed by atoms with Gasteiger partial charge >= 0.3 is 0 Å². The van der Waals surface area contributed by atoms with Crippen LogP contribution in [0.4, 0.5) is 5.69 Å². The van der Waals surface area contributed by atoms with Crippen LogP contribution in [-0.4, -0.2) is 26.8 Å². The molecule has 0 aliphatic carbocycles. The summed E-state index contributed by atoms with van der Waals surface area (Å²) in [7, 11) is 0. The smallest absolute Gasteiger partial charge is 0.234 e. The summed E-state index contributed by atoms with van der Waals surface area (Å²) in [4.78, 5) is 16.7. The van der Waals surface area contributed by atoms with E-state index in [0.717, 1.165) is 22.0 Å². The third kappa shape index (κ3) is 4.17. The van der Waals surface area contributed by atoms with Gasteiger partial charge in [0.2, 0.25) is 11.1 Å². The topological polar surface area (TPSA) is 70.7 Å². The van der Waals surface area contributed by atoms with Crippen molar-refractivity contribution in [1.29, 1.82) is 0 Å². The van der Waals surface area contributed by atoms with Crippen molar-refractivity contribution in [3.8, 4) is 11.4 Å². The van der Waals surface area contributed by atoms with Crippen LogP contribution in [0.25, 0.3) is 22.2 Å². The number of anilines is 1. The number of aromatic amines is 1. The molecule has 0 aliphatic rings. The van der Waals surface area contributed by atoms with E-state index in [1.807, 2.05) is 73.7 Å². The molecule has 0 aliphatic heterocycles. The van der Waals surface area contributed by atoms with Gasteiger partial charge in [-0.1, -0.05) is 71.9 Å². The molecule has 0 spiro atoms. The fourth-order valence-electron chi connectivity index (χ4n) is 2.75. The third-order valence-corrected chi connectivity index (χ3v) is 5.00. The lowest BCUT2D eigenvalue weighted by Gasteiger charge is -2.05. The van der Waals surface area contributed by atoms with E-state index in [1.165, 1.54) is 17.3 Å². The first kappa shape index (κ1) is 17.3.